The number of hydrogen-bond donors (Lipinski definition) is 1. The number of aromatic nitrogens is 3. The summed E-state index contributed by atoms with van der Waals surface area (Å²) in [6, 6.07) is 6.47. The lowest BCUT2D eigenvalue weighted by Gasteiger charge is -2.18. The van der Waals surface area contributed by atoms with E-state index in [2.05, 4.69) is 33.7 Å². The van der Waals surface area contributed by atoms with Gasteiger partial charge in [0.2, 0.25) is 0 Å². The van der Waals surface area contributed by atoms with Crippen molar-refractivity contribution >= 4 is 5.69 Å². The average molecular weight is 214 g/mol. The highest BCUT2D eigenvalue weighted by Crippen LogP contribution is 2.24. The van der Waals surface area contributed by atoms with E-state index in [-0.39, 0.29) is 0 Å². The minimum absolute atomic E-state index is 0.920. The highest BCUT2D eigenvalue weighted by Gasteiger charge is 2.10. The molecule has 1 aromatic heterocycles. The van der Waals surface area contributed by atoms with E-state index < -0.39 is 0 Å². The van der Waals surface area contributed by atoms with Crippen LogP contribution in [-0.4, -0.2) is 21.3 Å². The maximum absolute atomic E-state index is 4.00. The average Bonchev–Trinajstić information content (AvgIpc) is 2.75. The summed E-state index contributed by atoms with van der Waals surface area (Å²) in [4.78, 5) is 0. The van der Waals surface area contributed by atoms with Gasteiger partial charge in [-0.25, -0.2) is 0 Å². The predicted molar refractivity (Wildman–Crippen MR) is 62.9 cm³/mol. The Morgan fingerprint density at radius 3 is 3.12 bits per heavy atom. The van der Waals surface area contributed by atoms with Gasteiger partial charge in [-0.05, 0) is 43.5 Å². The second-order valence-corrected chi connectivity index (χ2v) is 4.12. The zero-order chi connectivity index (χ0) is 11.0. The van der Waals surface area contributed by atoms with Crippen LogP contribution in [0.15, 0.2) is 24.5 Å². The Kier molecular flexibility index (Phi) is 2.13. The van der Waals surface area contributed by atoms with E-state index in [1.54, 1.807) is 6.33 Å². The fourth-order valence-electron chi connectivity index (χ4n) is 2.16. The topological polar surface area (TPSA) is 42.7 Å². The van der Waals surface area contributed by atoms with E-state index in [1.165, 1.54) is 17.7 Å². The van der Waals surface area contributed by atoms with Crippen molar-refractivity contribution in [3.8, 4) is 5.69 Å². The van der Waals surface area contributed by atoms with Crippen LogP contribution in [0.2, 0.25) is 0 Å². The van der Waals surface area contributed by atoms with E-state index in [4.69, 9.17) is 0 Å². The maximum Gasteiger partial charge on any atom is 0.134 e. The summed E-state index contributed by atoms with van der Waals surface area (Å²) < 4.78 is 2.01. The second kappa shape index (κ2) is 3.63. The summed E-state index contributed by atoms with van der Waals surface area (Å²) in [6.45, 7) is 3.04. The van der Waals surface area contributed by atoms with Crippen LogP contribution in [0.1, 0.15) is 17.8 Å². The molecule has 0 saturated carbocycles. The minimum Gasteiger partial charge on any atom is -0.385 e. The molecular weight excluding hydrogens is 200 g/mol. The van der Waals surface area contributed by atoms with Gasteiger partial charge in [-0.3, -0.25) is 4.57 Å². The lowest BCUT2D eigenvalue weighted by molar-refractivity contribution is 0.827. The van der Waals surface area contributed by atoms with E-state index in [9.17, 15) is 0 Å². The zero-order valence-corrected chi connectivity index (χ0v) is 9.27. The third-order valence-electron chi connectivity index (χ3n) is 3.02. The molecule has 1 N–H and O–H groups in total. The number of benzene rings is 1. The third kappa shape index (κ3) is 1.46. The molecule has 0 aliphatic carbocycles. The molecule has 0 amide bonds. The molecule has 0 fully saturated rings. The molecule has 1 aliphatic heterocycles. The van der Waals surface area contributed by atoms with Gasteiger partial charge in [0.15, 0.2) is 0 Å². The molecule has 82 valence electrons. The van der Waals surface area contributed by atoms with Gasteiger partial charge in [0.1, 0.15) is 12.2 Å². The first-order valence-corrected chi connectivity index (χ1v) is 5.58. The Labute approximate surface area is 94.3 Å². The molecule has 0 unspecified atom stereocenters. The monoisotopic (exact) mass is 214 g/mol. The first-order chi connectivity index (χ1) is 7.84. The standard InChI is InChI=1S/C12H14N4/c1-9-15-14-8-16(9)11-4-5-12-10(7-11)3-2-6-13-12/h4-5,7-8,13H,2-3,6H2,1H3. The summed E-state index contributed by atoms with van der Waals surface area (Å²) in [7, 11) is 0. The van der Waals surface area contributed by atoms with Crippen LogP contribution in [0.3, 0.4) is 0 Å². The van der Waals surface area contributed by atoms with Gasteiger partial charge in [-0.1, -0.05) is 0 Å². The molecule has 3 rings (SSSR count). The van der Waals surface area contributed by atoms with Crippen LogP contribution < -0.4 is 5.32 Å². The largest absolute Gasteiger partial charge is 0.385 e. The Morgan fingerprint density at radius 1 is 1.38 bits per heavy atom. The number of nitrogens with one attached hydrogen (secondary N) is 1. The van der Waals surface area contributed by atoms with E-state index >= 15 is 0 Å². The minimum atomic E-state index is 0.920. The van der Waals surface area contributed by atoms with Crippen molar-refractivity contribution in [2.24, 2.45) is 0 Å². The number of aryl methyl sites for hydroxylation is 2. The fraction of sp³-hybridized carbons (Fsp3) is 0.333. The molecule has 4 heteroatoms. The Hall–Kier alpha value is -1.84. The van der Waals surface area contributed by atoms with Gasteiger partial charge in [0.05, 0.1) is 0 Å². The molecule has 0 atom stereocenters. The summed E-state index contributed by atoms with van der Waals surface area (Å²) in [5.41, 5.74) is 3.79. The Bertz CT molecular complexity index is 515. The molecule has 2 aromatic rings. The zero-order valence-electron chi connectivity index (χ0n) is 9.27. The van der Waals surface area contributed by atoms with Gasteiger partial charge in [-0.2, -0.15) is 0 Å². The number of fused-ring (bicyclic) bond motifs is 1. The SMILES string of the molecule is Cc1nncn1-c1ccc2c(c1)CCCN2. The van der Waals surface area contributed by atoms with Crippen LogP contribution in [0.4, 0.5) is 5.69 Å². The van der Waals surface area contributed by atoms with Gasteiger partial charge >= 0.3 is 0 Å². The van der Waals surface area contributed by atoms with Gasteiger partial charge < -0.3 is 5.32 Å². The van der Waals surface area contributed by atoms with E-state index in [0.29, 0.717) is 0 Å². The lowest BCUT2D eigenvalue weighted by atomic mass is 10.0. The maximum atomic E-state index is 4.00. The number of anilines is 1. The normalized spacial score (nSPS) is 14.3. The Balaban J connectivity index is 2.06. The summed E-state index contributed by atoms with van der Waals surface area (Å²) in [5, 5.41) is 11.3. The molecule has 16 heavy (non-hydrogen) atoms. The molecule has 1 aromatic carbocycles. The van der Waals surface area contributed by atoms with Gasteiger partial charge in [-0.15, -0.1) is 10.2 Å². The number of rotatable bonds is 1. The van der Waals surface area contributed by atoms with Crippen LogP contribution in [0, 0.1) is 6.92 Å². The van der Waals surface area contributed by atoms with Crippen molar-refractivity contribution in [3.05, 3.63) is 35.9 Å². The van der Waals surface area contributed by atoms with Gasteiger partial charge in [0, 0.05) is 17.9 Å². The highest BCUT2D eigenvalue weighted by atomic mass is 15.3. The van der Waals surface area contributed by atoms with Crippen molar-refractivity contribution in [2.75, 3.05) is 11.9 Å². The third-order valence-corrected chi connectivity index (χ3v) is 3.02. The summed E-state index contributed by atoms with van der Waals surface area (Å²) in [5.74, 6) is 0.920. The second-order valence-electron chi connectivity index (χ2n) is 4.12. The predicted octanol–water partition coefficient (Wildman–Crippen LogP) is 1.93. The molecule has 4 nitrogen and oxygen atoms in total. The molecular formula is C12H14N4. The Morgan fingerprint density at radius 2 is 2.31 bits per heavy atom. The summed E-state index contributed by atoms with van der Waals surface area (Å²) in [6.07, 6.45) is 4.11. The van der Waals surface area contributed by atoms with Crippen molar-refractivity contribution in [3.63, 3.8) is 0 Å². The smallest absolute Gasteiger partial charge is 0.134 e. The van der Waals surface area contributed by atoms with Crippen LogP contribution in [-0.2, 0) is 6.42 Å². The molecule has 0 radical (unpaired) electrons. The van der Waals surface area contributed by atoms with Crippen LogP contribution in [0.25, 0.3) is 5.69 Å². The van der Waals surface area contributed by atoms with E-state index in [1.807, 2.05) is 11.5 Å². The molecule has 0 spiro atoms. The van der Waals surface area contributed by atoms with E-state index in [0.717, 1.165) is 24.5 Å². The fourth-order valence-corrected chi connectivity index (χ4v) is 2.16. The summed E-state index contributed by atoms with van der Waals surface area (Å²) >= 11 is 0. The lowest BCUT2D eigenvalue weighted by Crippen LogP contribution is -2.12. The molecule has 2 heterocycles. The quantitative estimate of drug-likeness (QED) is 0.788. The molecule has 1 aliphatic rings. The van der Waals surface area contributed by atoms with Crippen molar-refractivity contribution < 1.29 is 0 Å². The van der Waals surface area contributed by atoms with Crippen molar-refractivity contribution in [2.45, 2.75) is 19.8 Å². The van der Waals surface area contributed by atoms with Crippen molar-refractivity contribution in [1.29, 1.82) is 0 Å². The number of hydrogen-bond acceptors (Lipinski definition) is 3. The number of nitrogens with zero attached hydrogens (tertiary/aromatic N) is 3. The molecule has 0 bridgehead atoms. The first kappa shape index (κ1) is 9.39. The van der Waals surface area contributed by atoms with Gasteiger partial charge in [0.25, 0.3) is 0 Å². The highest BCUT2D eigenvalue weighted by molar-refractivity contribution is 5.57. The molecule has 0 saturated heterocycles. The van der Waals surface area contributed by atoms with Crippen LogP contribution in [0.5, 0.6) is 0 Å². The van der Waals surface area contributed by atoms with Crippen LogP contribution >= 0.6 is 0 Å². The first-order valence-electron chi connectivity index (χ1n) is 5.58. The van der Waals surface area contributed by atoms with Crippen molar-refractivity contribution in [1.82, 2.24) is 14.8 Å².